The molecular weight excluding hydrogens is 600 g/mol. The molecule has 0 amide bonds. The Morgan fingerprint density at radius 1 is 1.04 bits per heavy atom. The highest BCUT2D eigenvalue weighted by molar-refractivity contribution is 5.38. The van der Waals surface area contributed by atoms with Gasteiger partial charge in [-0.3, -0.25) is 4.90 Å². The number of nitrogens with zero attached hydrogens (tertiary/aromatic N) is 4. The lowest BCUT2D eigenvalue weighted by Gasteiger charge is -2.49. The maximum absolute atomic E-state index is 10.6. The normalized spacial score (nSPS) is 49.8. The van der Waals surface area contributed by atoms with E-state index in [-0.39, 0.29) is 29.3 Å². The molecule has 3 saturated heterocycles. The molecule has 11 heteroatoms. The van der Waals surface area contributed by atoms with E-state index in [9.17, 15) is 25.5 Å². The molecule has 47 heavy (non-hydrogen) atoms. The zero-order chi connectivity index (χ0) is 33.0. The molecule has 4 aliphatic carbocycles. The van der Waals surface area contributed by atoms with Crippen LogP contribution in [-0.4, -0.2) is 107 Å². The third kappa shape index (κ3) is 4.89. The molecule has 1 aromatic heterocycles. The maximum atomic E-state index is 10.6. The van der Waals surface area contributed by atoms with E-state index < -0.39 is 37.3 Å². The van der Waals surface area contributed by atoms with E-state index in [1.54, 1.807) is 11.8 Å². The highest BCUT2D eigenvalue weighted by atomic mass is 16.6. The van der Waals surface area contributed by atoms with Gasteiger partial charge in [-0.1, -0.05) is 43.2 Å². The smallest absolute Gasteiger partial charge is 0.180 e. The summed E-state index contributed by atoms with van der Waals surface area (Å²) in [7, 11) is 0. The standard InChI is InChI=1S/C36H54N4O7/c1-18-11-28-30(39(14-18)15-22-16-40(38-37-22)34-33(45)32(44)31(43)29(17-41)46-34)20(3)36(47-28)10-8-24-25-6-5-21-12-23(42)7-9-35(21,4)27(25)13-26(24)19(36)2/h5,16,18,20,23-25,27-34,41-45H,6-15,17H2,1-4H3/t18-,20+,23-,24-,25-,27-,28+,29?,30-,31+,32?,33-,34+,35-,36-/m0/s1. The number of piperidine rings is 1. The fourth-order valence-electron chi connectivity index (χ4n) is 11.7. The third-order valence-corrected chi connectivity index (χ3v) is 14.1. The molecule has 260 valence electrons. The molecule has 0 radical (unpaired) electrons. The van der Waals surface area contributed by atoms with Crippen LogP contribution in [0, 0.1) is 35.0 Å². The van der Waals surface area contributed by atoms with Crippen LogP contribution in [0.15, 0.2) is 29.0 Å². The van der Waals surface area contributed by atoms with Crippen LogP contribution in [0.2, 0.25) is 0 Å². The average molecular weight is 655 g/mol. The minimum absolute atomic E-state index is 0.135. The summed E-state index contributed by atoms with van der Waals surface area (Å²) in [4.78, 5) is 2.52. The second-order valence-electron chi connectivity index (χ2n) is 16.6. The predicted molar refractivity (Wildman–Crippen MR) is 171 cm³/mol. The quantitative estimate of drug-likeness (QED) is 0.306. The van der Waals surface area contributed by atoms with Crippen molar-refractivity contribution in [3.8, 4) is 0 Å². The Balaban J connectivity index is 1.03. The molecule has 15 atom stereocenters. The Hall–Kier alpha value is -1.70. The highest BCUT2D eigenvalue weighted by Gasteiger charge is 2.61. The number of allylic oxidation sites excluding steroid dienone is 2. The molecular formula is C36H54N4O7. The van der Waals surface area contributed by atoms with E-state index in [1.807, 2.05) is 0 Å². The summed E-state index contributed by atoms with van der Waals surface area (Å²) in [6.45, 7) is 10.6. The largest absolute Gasteiger partial charge is 0.394 e. The SMILES string of the molecule is CC1=C2C[C@H]3[C@@H](CC=C4C[C@@H](O)CC[C@@]43C)[C@@H]2CC[C@]12O[C@@H]1C[C@H](C)CN(Cc3cn([C@@H]4OC(CO)[C@@H](O)C(O)[C@@H]4O)nn3)[C@H]1[C@H]2C. The molecule has 5 fully saturated rings. The van der Waals surface area contributed by atoms with E-state index in [1.165, 1.54) is 28.7 Å². The van der Waals surface area contributed by atoms with Gasteiger partial charge in [0.05, 0.1) is 36.3 Å². The van der Waals surface area contributed by atoms with Gasteiger partial charge in [-0.25, -0.2) is 4.68 Å². The van der Waals surface area contributed by atoms with Crippen molar-refractivity contribution in [1.82, 2.24) is 19.9 Å². The number of fused-ring (bicyclic) bond motifs is 6. The summed E-state index contributed by atoms with van der Waals surface area (Å²) < 4.78 is 14.4. The molecule has 0 bridgehead atoms. The van der Waals surface area contributed by atoms with Crippen molar-refractivity contribution < 1.29 is 35.0 Å². The van der Waals surface area contributed by atoms with E-state index in [2.05, 4.69) is 49.0 Å². The van der Waals surface area contributed by atoms with Gasteiger partial charge in [-0.2, -0.15) is 0 Å². The number of hydrogen-bond donors (Lipinski definition) is 5. The summed E-state index contributed by atoms with van der Waals surface area (Å²) >= 11 is 0. The Labute approximate surface area is 277 Å². The Kier molecular flexibility index (Phi) is 8.08. The van der Waals surface area contributed by atoms with Crippen molar-refractivity contribution >= 4 is 0 Å². The van der Waals surface area contributed by atoms with Crippen molar-refractivity contribution in [3.63, 3.8) is 0 Å². The van der Waals surface area contributed by atoms with Gasteiger partial charge in [-0.05, 0) is 93.0 Å². The number of aromatic nitrogens is 3. The van der Waals surface area contributed by atoms with Gasteiger partial charge in [0.25, 0.3) is 0 Å². The summed E-state index contributed by atoms with van der Waals surface area (Å²) in [5.41, 5.74) is 5.35. The first-order valence-electron chi connectivity index (χ1n) is 18.2. The minimum Gasteiger partial charge on any atom is -0.394 e. The van der Waals surface area contributed by atoms with Crippen LogP contribution >= 0.6 is 0 Å². The fraction of sp³-hybridized carbons (Fsp3) is 0.833. The first-order valence-corrected chi connectivity index (χ1v) is 18.2. The lowest BCUT2D eigenvalue weighted by Crippen LogP contribution is -2.56. The van der Waals surface area contributed by atoms with Crippen LogP contribution in [0.3, 0.4) is 0 Å². The molecule has 3 aliphatic heterocycles. The molecule has 1 spiro atoms. The maximum Gasteiger partial charge on any atom is 0.180 e. The zero-order valence-corrected chi connectivity index (χ0v) is 28.3. The van der Waals surface area contributed by atoms with Crippen molar-refractivity contribution in [2.45, 2.75) is 140 Å². The summed E-state index contributed by atoms with van der Waals surface area (Å²) in [5.74, 6) is 2.76. The van der Waals surface area contributed by atoms with Gasteiger partial charge in [0.1, 0.15) is 24.4 Å². The number of likely N-dealkylation sites (tertiary alicyclic amines) is 1. The topological polar surface area (TPSA) is 154 Å². The van der Waals surface area contributed by atoms with Crippen LogP contribution in [0.4, 0.5) is 0 Å². The number of hydrogen-bond acceptors (Lipinski definition) is 10. The van der Waals surface area contributed by atoms with Crippen molar-refractivity contribution in [2.75, 3.05) is 13.2 Å². The molecule has 2 unspecified atom stereocenters. The molecule has 11 nitrogen and oxygen atoms in total. The van der Waals surface area contributed by atoms with Crippen molar-refractivity contribution in [2.24, 2.45) is 35.0 Å². The molecule has 8 rings (SSSR count). The van der Waals surface area contributed by atoms with Crippen LogP contribution < -0.4 is 0 Å². The van der Waals surface area contributed by atoms with Crippen LogP contribution in [-0.2, 0) is 16.0 Å². The van der Waals surface area contributed by atoms with E-state index in [0.29, 0.717) is 36.1 Å². The Morgan fingerprint density at radius 2 is 1.85 bits per heavy atom. The van der Waals surface area contributed by atoms with Crippen LogP contribution in [0.25, 0.3) is 0 Å². The first-order chi connectivity index (χ1) is 22.4. The number of aliphatic hydroxyl groups is 5. The molecule has 7 aliphatic rings. The lowest BCUT2D eigenvalue weighted by atomic mass is 9.56. The van der Waals surface area contributed by atoms with E-state index in [0.717, 1.165) is 50.8 Å². The van der Waals surface area contributed by atoms with E-state index >= 15 is 0 Å². The molecule has 4 heterocycles. The Bertz CT molecular complexity index is 1430. The van der Waals surface area contributed by atoms with Crippen LogP contribution in [0.1, 0.15) is 91.0 Å². The van der Waals surface area contributed by atoms with Gasteiger partial charge in [-0.15, -0.1) is 5.10 Å². The number of ether oxygens (including phenoxy) is 2. The van der Waals surface area contributed by atoms with Gasteiger partial charge >= 0.3 is 0 Å². The predicted octanol–water partition coefficient (Wildman–Crippen LogP) is 2.48. The van der Waals surface area contributed by atoms with Gasteiger partial charge in [0.2, 0.25) is 0 Å². The Morgan fingerprint density at radius 3 is 2.64 bits per heavy atom. The van der Waals surface area contributed by atoms with Crippen molar-refractivity contribution in [1.29, 1.82) is 0 Å². The highest BCUT2D eigenvalue weighted by Crippen LogP contribution is 2.65. The third-order valence-electron chi connectivity index (χ3n) is 14.1. The van der Waals surface area contributed by atoms with E-state index in [4.69, 9.17) is 9.47 Å². The second-order valence-corrected chi connectivity index (χ2v) is 16.6. The lowest BCUT2D eigenvalue weighted by molar-refractivity contribution is -0.254. The average Bonchev–Trinajstić information content (AvgIpc) is 3.74. The molecule has 5 N–H and O–H groups in total. The summed E-state index contributed by atoms with van der Waals surface area (Å²) in [6.07, 6.45) is 6.27. The van der Waals surface area contributed by atoms with Crippen LogP contribution in [0.5, 0.6) is 0 Å². The number of aliphatic hydroxyl groups excluding tert-OH is 5. The monoisotopic (exact) mass is 654 g/mol. The summed E-state index contributed by atoms with van der Waals surface area (Å²) in [5, 5.41) is 59.9. The van der Waals surface area contributed by atoms with Crippen molar-refractivity contribution in [3.05, 3.63) is 34.7 Å². The summed E-state index contributed by atoms with van der Waals surface area (Å²) in [6, 6.07) is 0.241. The van der Waals surface area contributed by atoms with Gasteiger partial charge in [0, 0.05) is 25.0 Å². The zero-order valence-electron chi connectivity index (χ0n) is 28.3. The first kappa shape index (κ1) is 32.5. The van der Waals surface area contributed by atoms with Gasteiger partial charge < -0.3 is 35.0 Å². The number of rotatable bonds is 4. The fourth-order valence-corrected chi connectivity index (χ4v) is 11.7. The molecule has 2 saturated carbocycles. The molecule has 1 aromatic rings. The molecule has 0 aromatic carbocycles. The minimum atomic E-state index is -1.47. The van der Waals surface area contributed by atoms with Gasteiger partial charge in [0.15, 0.2) is 6.23 Å². The second kappa shape index (κ2) is 11.7.